The van der Waals surface area contributed by atoms with E-state index in [1.54, 1.807) is 7.11 Å². The third kappa shape index (κ3) is 3.99. The number of rotatable bonds is 5. The summed E-state index contributed by atoms with van der Waals surface area (Å²) < 4.78 is 5.11. The number of hydrogen-bond donors (Lipinski definition) is 2. The summed E-state index contributed by atoms with van der Waals surface area (Å²) in [7, 11) is 1.62. The van der Waals surface area contributed by atoms with Gasteiger partial charge in [0.05, 0.1) is 13.2 Å². The second-order valence-electron chi connectivity index (χ2n) is 6.44. The zero-order chi connectivity index (χ0) is 16.2. The molecule has 0 saturated carbocycles. The van der Waals surface area contributed by atoms with E-state index in [2.05, 4.69) is 17.1 Å². The van der Waals surface area contributed by atoms with E-state index in [0.29, 0.717) is 0 Å². The number of aliphatic hydroxyl groups excluding tert-OH is 1. The molecular formula is C17H26N2O3. The number of methoxy groups -OCH3 is 1. The van der Waals surface area contributed by atoms with Crippen LogP contribution in [0.4, 0.5) is 5.69 Å². The number of nitrogens with one attached hydrogen (secondary N) is 1. The Labute approximate surface area is 132 Å². The summed E-state index contributed by atoms with van der Waals surface area (Å²) >= 11 is 0. The summed E-state index contributed by atoms with van der Waals surface area (Å²) in [5.74, 6) is 0.744. The van der Waals surface area contributed by atoms with Crippen LogP contribution < -0.4 is 10.1 Å². The molecule has 2 atom stereocenters. The second kappa shape index (κ2) is 7.11. The van der Waals surface area contributed by atoms with Gasteiger partial charge in [-0.25, -0.2) is 0 Å². The van der Waals surface area contributed by atoms with Crippen molar-refractivity contribution in [1.82, 2.24) is 4.90 Å². The molecule has 0 spiro atoms. The fourth-order valence-electron chi connectivity index (χ4n) is 2.90. The number of benzene rings is 1. The zero-order valence-electron chi connectivity index (χ0n) is 13.6. The van der Waals surface area contributed by atoms with E-state index in [1.807, 2.05) is 31.2 Å². The van der Waals surface area contributed by atoms with E-state index in [1.165, 1.54) is 0 Å². The van der Waals surface area contributed by atoms with E-state index < -0.39 is 0 Å². The Morgan fingerprint density at radius 1 is 1.45 bits per heavy atom. The molecule has 1 fully saturated rings. The molecule has 122 valence electrons. The van der Waals surface area contributed by atoms with Crippen molar-refractivity contribution in [3.8, 4) is 5.75 Å². The number of ether oxygens (including phenoxy) is 1. The van der Waals surface area contributed by atoms with Gasteiger partial charge < -0.3 is 15.2 Å². The number of aliphatic hydroxyl groups is 1. The Kier molecular flexibility index (Phi) is 5.42. The highest BCUT2D eigenvalue weighted by atomic mass is 16.5. The molecule has 2 rings (SSSR count). The van der Waals surface area contributed by atoms with Crippen LogP contribution in [-0.2, 0) is 4.79 Å². The number of hydrogen-bond acceptors (Lipinski definition) is 4. The van der Waals surface area contributed by atoms with Crippen molar-refractivity contribution in [2.45, 2.75) is 32.7 Å². The molecule has 2 unspecified atom stereocenters. The van der Waals surface area contributed by atoms with Crippen molar-refractivity contribution < 1.29 is 14.6 Å². The van der Waals surface area contributed by atoms with Crippen LogP contribution in [0.25, 0.3) is 0 Å². The molecular weight excluding hydrogens is 280 g/mol. The number of anilines is 1. The molecule has 0 aromatic heterocycles. The summed E-state index contributed by atoms with van der Waals surface area (Å²) in [6.45, 7) is 5.80. The van der Waals surface area contributed by atoms with Gasteiger partial charge in [0, 0.05) is 24.3 Å². The first-order valence-electron chi connectivity index (χ1n) is 7.77. The van der Waals surface area contributed by atoms with Crippen molar-refractivity contribution in [2.75, 3.05) is 32.1 Å². The molecule has 1 aliphatic heterocycles. The van der Waals surface area contributed by atoms with Crippen molar-refractivity contribution in [3.63, 3.8) is 0 Å². The standard InChI is InChI=1S/C17H26N2O3/c1-13(19-10-4-9-17(2,11-19)12-20)16(21)18-14-5-7-15(22-3)8-6-14/h5-8,13,20H,4,9-12H2,1-3H3,(H,18,21). The predicted octanol–water partition coefficient (Wildman–Crippen LogP) is 2.12. The lowest BCUT2D eigenvalue weighted by atomic mass is 9.82. The number of carbonyl (C=O) groups is 1. The third-order valence-electron chi connectivity index (χ3n) is 4.48. The van der Waals surface area contributed by atoms with Gasteiger partial charge in [0.25, 0.3) is 0 Å². The number of amides is 1. The van der Waals surface area contributed by atoms with Gasteiger partial charge in [-0.3, -0.25) is 9.69 Å². The van der Waals surface area contributed by atoms with Crippen LogP contribution in [0.5, 0.6) is 5.75 Å². The van der Waals surface area contributed by atoms with Crippen molar-refractivity contribution >= 4 is 11.6 Å². The summed E-state index contributed by atoms with van der Waals surface area (Å²) in [5, 5.41) is 12.5. The Hall–Kier alpha value is -1.59. The molecule has 5 nitrogen and oxygen atoms in total. The summed E-state index contributed by atoms with van der Waals surface area (Å²) in [6, 6.07) is 7.09. The molecule has 0 radical (unpaired) electrons. The molecule has 1 amide bonds. The fraction of sp³-hybridized carbons (Fsp3) is 0.588. The van der Waals surface area contributed by atoms with Crippen LogP contribution in [0.15, 0.2) is 24.3 Å². The molecule has 2 N–H and O–H groups in total. The number of nitrogens with zero attached hydrogens (tertiary/aromatic N) is 1. The molecule has 22 heavy (non-hydrogen) atoms. The smallest absolute Gasteiger partial charge is 0.241 e. The minimum absolute atomic E-state index is 0.0210. The minimum Gasteiger partial charge on any atom is -0.497 e. The van der Waals surface area contributed by atoms with Crippen LogP contribution in [0.2, 0.25) is 0 Å². The Morgan fingerprint density at radius 2 is 2.14 bits per heavy atom. The lowest BCUT2D eigenvalue weighted by Gasteiger charge is -2.41. The van der Waals surface area contributed by atoms with Crippen LogP contribution in [0, 0.1) is 5.41 Å². The average Bonchev–Trinajstić information content (AvgIpc) is 2.55. The van der Waals surface area contributed by atoms with Gasteiger partial charge in [0.1, 0.15) is 5.75 Å². The van der Waals surface area contributed by atoms with Crippen molar-refractivity contribution in [1.29, 1.82) is 0 Å². The van der Waals surface area contributed by atoms with Gasteiger partial charge in [0.15, 0.2) is 0 Å². The van der Waals surface area contributed by atoms with E-state index >= 15 is 0 Å². The van der Waals surface area contributed by atoms with E-state index in [4.69, 9.17) is 4.74 Å². The van der Waals surface area contributed by atoms with Gasteiger partial charge in [-0.1, -0.05) is 6.92 Å². The lowest BCUT2D eigenvalue weighted by molar-refractivity contribution is -0.122. The van der Waals surface area contributed by atoms with E-state index in [9.17, 15) is 9.90 Å². The maximum absolute atomic E-state index is 12.4. The molecule has 1 heterocycles. The van der Waals surface area contributed by atoms with Gasteiger partial charge in [0.2, 0.25) is 5.91 Å². The first-order chi connectivity index (χ1) is 10.5. The minimum atomic E-state index is -0.215. The highest BCUT2D eigenvalue weighted by molar-refractivity contribution is 5.94. The first-order valence-corrected chi connectivity index (χ1v) is 7.77. The molecule has 1 aromatic carbocycles. The van der Waals surface area contributed by atoms with Gasteiger partial charge in [-0.2, -0.15) is 0 Å². The maximum atomic E-state index is 12.4. The van der Waals surface area contributed by atoms with Crippen molar-refractivity contribution in [3.05, 3.63) is 24.3 Å². The van der Waals surface area contributed by atoms with Crippen LogP contribution in [0.1, 0.15) is 26.7 Å². The SMILES string of the molecule is COc1ccc(NC(=O)C(C)N2CCCC(C)(CO)C2)cc1. The van der Waals surface area contributed by atoms with Crippen LogP contribution >= 0.6 is 0 Å². The van der Waals surface area contributed by atoms with Crippen LogP contribution in [-0.4, -0.2) is 48.8 Å². The molecule has 1 saturated heterocycles. The summed E-state index contributed by atoms with van der Waals surface area (Å²) in [5.41, 5.74) is 0.659. The summed E-state index contributed by atoms with van der Waals surface area (Å²) in [4.78, 5) is 14.6. The van der Waals surface area contributed by atoms with E-state index in [-0.39, 0.29) is 24.0 Å². The third-order valence-corrected chi connectivity index (χ3v) is 4.48. The predicted molar refractivity (Wildman–Crippen MR) is 87.1 cm³/mol. The average molecular weight is 306 g/mol. The Bertz CT molecular complexity index is 503. The highest BCUT2D eigenvalue weighted by Crippen LogP contribution is 2.30. The number of likely N-dealkylation sites (tertiary alicyclic amines) is 1. The molecule has 1 aromatic rings. The maximum Gasteiger partial charge on any atom is 0.241 e. The lowest BCUT2D eigenvalue weighted by Crippen LogP contribution is -2.51. The largest absolute Gasteiger partial charge is 0.497 e. The highest BCUT2D eigenvalue weighted by Gasteiger charge is 2.34. The first kappa shape index (κ1) is 16.8. The molecule has 1 aliphatic rings. The van der Waals surface area contributed by atoms with Gasteiger partial charge in [-0.05, 0) is 50.6 Å². The Balaban J connectivity index is 1.96. The number of carbonyl (C=O) groups excluding carboxylic acids is 1. The molecule has 0 aliphatic carbocycles. The quantitative estimate of drug-likeness (QED) is 0.875. The topological polar surface area (TPSA) is 61.8 Å². The molecule has 0 bridgehead atoms. The Morgan fingerprint density at radius 3 is 2.73 bits per heavy atom. The van der Waals surface area contributed by atoms with E-state index in [0.717, 1.165) is 37.4 Å². The van der Waals surface area contributed by atoms with Crippen molar-refractivity contribution in [2.24, 2.45) is 5.41 Å². The zero-order valence-corrected chi connectivity index (χ0v) is 13.6. The fourth-order valence-corrected chi connectivity index (χ4v) is 2.90. The van der Waals surface area contributed by atoms with Gasteiger partial charge in [-0.15, -0.1) is 0 Å². The van der Waals surface area contributed by atoms with Crippen LogP contribution in [0.3, 0.4) is 0 Å². The summed E-state index contributed by atoms with van der Waals surface area (Å²) in [6.07, 6.45) is 2.02. The molecule has 5 heteroatoms. The monoisotopic (exact) mass is 306 g/mol. The van der Waals surface area contributed by atoms with Gasteiger partial charge >= 0.3 is 0 Å². The number of piperidine rings is 1. The second-order valence-corrected chi connectivity index (χ2v) is 6.44. The normalized spacial score (nSPS) is 23.8.